The van der Waals surface area contributed by atoms with E-state index >= 15 is 0 Å². The minimum absolute atomic E-state index is 0.0462. The van der Waals surface area contributed by atoms with E-state index in [1.165, 1.54) is 60.7 Å². The molecule has 32 heavy (non-hydrogen) atoms. The van der Waals surface area contributed by atoms with Crippen LogP contribution in [0.4, 0.5) is 0 Å². The number of hydrogen-bond acceptors (Lipinski definition) is 6. The zero-order chi connectivity index (χ0) is 24.4. The molecule has 9 nitrogen and oxygen atoms in total. The zero-order valence-corrected chi connectivity index (χ0v) is 17.3. The van der Waals surface area contributed by atoms with Crippen LogP contribution in [0.1, 0.15) is 36.6 Å². The van der Waals surface area contributed by atoms with Crippen molar-refractivity contribution < 1.29 is 45.0 Å². The second-order valence-electron chi connectivity index (χ2n) is 6.13. The summed E-state index contributed by atoms with van der Waals surface area (Å²) >= 11 is 5.44. The molecule has 0 atom stereocenters. The standard InChI is InChI=1S/C8H8O3.C7H5ClO3.C7H6O3/c1-5-4-6(8(10)11)2-3-7(5)9;8-5-3-4(7(10)11)1-2-6(5)9;8-6-3-1-5(2-4-6)7(9)10/h2-4,9H,1H3,(H,10,11);1-3,9H,(H,10,11);1-4,8H,(H,9,10). The Balaban J connectivity index is 0.000000240. The van der Waals surface area contributed by atoms with Gasteiger partial charge in [0.15, 0.2) is 0 Å². The van der Waals surface area contributed by atoms with Gasteiger partial charge in [0.05, 0.1) is 21.7 Å². The molecule has 3 rings (SSSR count). The van der Waals surface area contributed by atoms with Gasteiger partial charge >= 0.3 is 17.9 Å². The number of carbonyl (C=O) groups is 3. The van der Waals surface area contributed by atoms with E-state index in [0.29, 0.717) is 5.56 Å². The Morgan fingerprint density at radius 3 is 1.44 bits per heavy atom. The van der Waals surface area contributed by atoms with Gasteiger partial charge in [-0.2, -0.15) is 0 Å². The molecule has 0 fully saturated rings. The van der Waals surface area contributed by atoms with Crippen LogP contribution >= 0.6 is 11.6 Å². The summed E-state index contributed by atoms with van der Waals surface area (Å²) in [5.74, 6) is -2.95. The van der Waals surface area contributed by atoms with E-state index in [2.05, 4.69) is 0 Å². The largest absolute Gasteiger partial charge is 0.508 e. The third kappa shape index (κ3) is 8.25. The van der Waals surface area contributed by atoms with Gasteiger partial charge in [0.25, 0.3) is 0 Å². The van der Waals surface area contributed by atoms with Crippen LogP contribution in [0.3, 0.4) is 0 Å². The smallest absolute Gasteiger partial charge is 0.335 e. The highest BCUT2D eigenvalue weighted by molar-refractivity contribution is 6.32. The summed E-state index contributed by atoms with van der Waals surface area (Å²) in [6.45, 7) is 1.65. The first kappa shape index (κ1) is 25.8. The Hall–Kier alpha value is -4.24. The van der Waals surface area contributed by atoms with Crippen LogP contribution in [-0.4, -0.2) is 48.5 Å². The topological polar surface area (TPSA) is 173 Å². The SMILES string of the molecule is Cc1cc(C(=O)O)ccc1O.O=C(O)c1ccc(O)c(Cl)c1.O=C(O)c1ccc(O)cc1. The van der Waals surface area contributed by atoms with Gasteiger partial charge < -0.3 is 30.6 Å². The first-order valence-corrected chi connectivity index (χ1v) is 9.07. The number of aromatic carboxylic acids is 3. The Labute approximate surface area is 187 Å². The lowest BCUT2D eigenvalue weighted by Crippen LogP contribution is -1.95. The summed E-state index contributed by atoms with van der Waals surface area (Å²) in [5, 5.41) is 52.1. The number of aromatic hydroxyl groups is 3. The summed E-state index contributed by atoms with van der Waals surface area (Å²) in [5.41, 5.74) is 1.01. The quantitative estimate of drug-likeness (QED) is 0.333. The van der Waals surface area contributed by atoms with Crippen LogP contribution in [0.2, 0.25) is 5.02 Å². The average molecular weight is 463 g/mol. The van der Waals surface area contributed by atoms with Gasteiger partial charge in [-0.15, -0.1) is 0 Å². The third-order valence-electron chi connectivity index (χ3n) is 3.75. The molecule has 0 unspecified atom stereocenters. The van der Waals surface area contributed by atoms with E-state index in [-0.39, 0.29) is 39.0 Å². The normalized spacial score (nSPS) is 9.44. The fraction of sp³-hybridized carbons (Fsp3) is 0.0455. The number of hydrogen-bond donors (Lipinski definition) is 6. The average Bonchev–Trinajstić information content (AvgIpc) is 2.73. The fourth-order valence-electron chi connectivity index (χ4n) is 2.03. The molecule has 0 radical (unpaired) electrons. The number of benzene rings is 3. The van der Waals surface area contributed by atoms with Crippen molar-refractivity contribution >= 4 is 29.5 Å². The lowest BCUT2D eigenvalue weighted by molar-refractivity contribution is 0.0686. The monoisotopic (exact) mass is 462 g/mol. The Bertz CT molecular complexity index is 1050. The van der Waals surface area contributed by atoms with E-state index in [4.69, 9.17) is 42.2 Å². The summed E-state index contributed by atoms with van der Waals surface area (Å²) in [4.78, 5) is 30.9. The molecule has 10 heteroatoms. The molecule has 0 amide bonds. The summed E-state index contributed by atoms with van der Waals surface area (Å²) in [6, 6.07) is 13.2. The maximum absolute atomic E-state index is 10.4. The molecule has 3 aromatic rings. The number of halogens is 1. The zero-order valence-electron chi connectivity index (χ0n) is 16.6. The summed E-state index contributed by atoms with van der Waals surface area (Å²) in [6.07, 6.45) is 0. The maximum Gasteiger partial charge on any atom is 0.335 e. The van der Waals surface area contributed by atoms with Gasteiger partial charge in [-0.3, -0.25) is 0 Å². The number of carboxylic acids is 3. The highest BCUT2D eigenvalue weighted by Gasteiger charge is 2.05. The molecule has 0 saturated carbocycles. The molecule has 0 saturated heterocycles. The molecule has 6 N–H and O–H groups in total. The molecule has 0 aliphatic heterocycles. The van der Waals surface area contributed by atoms with Crippen LogP contribution < -0.4 is 0 Å². The number of rotatable bonds is 3. The number of phenolic OH excluding ortho intramolecular Hbond substituents is 3. The van der Waals surface area contributed by atoms with Crippen molar-refractivity contribution in [3.8, 4) is 17.2 Å². The van der Waals surface area contributed by atoms with Crippen molar-refractivity contribution in [2.75, 3.05) is 0 Å². The van der Waals surface area contributed by atoms with E-state index in [1.807, 2.05) is 0 Å². The van der Waals surface area contributed by atoms with Gasteiger partial charge in [-0.25, -0.2) is 14.4 Å². The van der Waals surface area contributed by atoms with E-state index in [1.54, 1.807) is 6.92 Å². The van der Waals surface area contributed by atoms with E-state index in [9.17, 15) is 14.4 Å². The van der Waals surface area contributed by atoms with Crippen molar-refractivity contribution in [1.29, 1.82) is 0 Å². The van der Waals surface area contributed by atoms with Gasteiger partial charge in [0, 0.05) is 0 Å². The van der Waals surface area contributed by atoms with Crippen LogP contribution in [0.25, 0.3) is 0 Å². The van der Waals surface area contributed by atoms with Gasteiger partial charge in [-0.05, 0) is 73.2 Å². The molecule has 0 bridgehead atoms. The van der Waals surface area contributed by atoms with Crippen LogP contribution in [-0.2, 0) is 0 Å². The molecular formula is C22H19ClO9. The Kier molecular flexibility index (Phi) is 9.53. The number of carboxylic acid groups (broad SMARTS) is 3. The fourth-order valence-corrected chi connectivity index (χ4v) is 2.21. The van der Waals surface area contributed by atoms with Gasteiger partial charge in [-0.1, -0.05) is 11.6 Å². The molecule has 0 spiro atoms. The molecule has 0 aliphatic carbocycles. The van der Waals surface area contributed by atoms with Crippen molar-refractivity contribution in [2.24, 2.45) is 0 Å². The lowest BCUT2D eigenvalue weighted by atomic mass is 10.1. The van der Waals surface area contributed by atoms with Crippen molar-refractivity contribution in [3.05, 3.63) is 87.9 Å². The van der Waals surface area contributed by atoms with E-state index < -0.39 is 17.9 Å². The predicted octanol–water partition coefficient (Wildman–Crippen LogP) is 4.23. The Morgan fingerprint density at radius 2 is 1.03 bits per heavy atom. The maximum atomic E-state index is 10.4. The van der Waals surface area contributed by atoms with Crippen molar-refractivity contribution in [2.45, 2.75) is 6.92 Å². The second kappa shape index (κ2) is 11.8. The minimum atomic E-state index is -1.06. The first-order chi connectivity index (χ1) is 14.9. The van der Waals surface area contributed by atoms with Gasteiger partial charge in [0.1, 0.15) is 17.2 Å². The van der Waals surface area contributed by atoms with Crippen molar-refractivity contribution in [3.63, 3.8) is 0 Å². The van der Waals surface area contributed by atoms with Crippen LogP contribution in [0.5, 0.6) is 17.2 Å². The number of aryl methyl sites for hydroxylation is 1. The van der Waals surface area contributed by atoms with Crippen LogP contribution in [0, 0.1) is 6.92 Å². The Morgan fingerprint density at radius 1 is 0.625 bits per heavy atom. The highest BCUT2D eigenvalue weighted by Crippen LogP contribution is 2.23. The molecule has 0 aromatic heterocycles. The minimum Gasteiger partial charge on any atom is -0.508 e. The summed E-state index contributed by atoms with van der Waals surface area (Å²) < 4.78 is 0. The third-order valence-corrected chi connectivity index (χ3v) is 4.06. The summed E-state index contributed by atoms with van der Waals surface area (Å²) in [7, 11) is 0. The molecule has 168 valence electrons. The molecule has 0 heterocycles. The molecule has 3 aromatic carbocycles. The lowest BCUT2D eigenvalue weighted by Gasteiger charge is -1.98. The van der Waals surface area contributed by atoms with Gasteiger partial charge in [0.2, 0.25) is 0 Å². The van der Waals surface area contributed by atoms with Crippen LogP contribution in [0.15, 0.2) is 60.7 Å². The molecular weight excluding hydrogens is 444 g/mol. The van der Waals surface area contributed by atoms with E-state index in [0.717, 1.165) is 0 Å². The first-order valence-electron chi connectivity index (χ1n) is 8.69. The molecule has 0 aliphatic rings. The number of phenols is 3. The predicted molar refractivity (Wildman–Crippen MR) is 115 cm³/mol. The second-order valence-corrected chi connectivity index (χ2v) is 6.54. The highest BCUT2D eigenvalue weighted by atomic mass is 35.5. The van der Waals surface area contributed by atoms with Crippen molar-refractivity contribution in [1.82, 2.24) is 0 Å².